The molecule has 0 spiro atoms. The number of amides is 1. The van der Waals surface area contributed by atoms with Crippen molar-refractivity contribution in [1.29, 1.82) is 0 Å². The fraction of sp³-hybridized carbons (Fsp3) is 0.375. The molecule has 22 heavy (non-hydrogen) atoms. The smallest absolute Gasteiger partial charge is 0.230 e. The highest BCUT2D eigenvalue weighted by Gasteiger charge is 2.20. The molecule has 3 nitrogen and oxygen atoms in total. The number of carbonyl (C=O) groups is 1. The summed E-state index contributed by atoms with van der Waals surface area (Å²) >= 11 is 13.4. The molecule has 1 aromatic heterocycles. The molecule has 1 aliphatic carbocycles. The number of hydrogen-bond donors (Lipinski definition) is 1. The van der Waals surface area contributed by atoms with Crippen LogP contribution in [0, 0.1) is 5.92 Å². The molecule has 0 fully saturated rings. The van der Waals surface area contributed by atoms with E-state index in [9.17, 15) is 4.79 Å². The number of hydrogen-bond acceptors (Lipinski definition) is 3. The highest BCUT2D eigenvalue weighted by atomic mass is 35.5. The molecule has 1 amide bonds. The number of nitrogens with one attached hydrogen (secondary N) is 1. The third-order valence-corrected chi connectivity index (χ3v) is 5.56. The molecule has 1 unspecified atom stereocenters. The Labute approximate surface area is 143 Å². The Hall–Kier alpha value is -1.10. The van der Waals surface area contributed by atoms with Gasteiger partial charge < -0.3 is 5.32 Å². The first-order valence-electron chi connectivity index (χ1n) is 7.23. The minimum absolute atomic E-state index is 0.0856. The van der Waals surface area contributed by atoms with Gasteiger partial charge >= 0.3 is 0 Å². The fourth-order valence-electron chi connectivity index (χ4n) is 2.59. The zero-order chi connectivity index (χ0) is 15.7. The maximum Gasteiger partial charge on any atom is 0.230 e. The Kier molecular flexibility index (Phi) is 4.71. The van der Waals surface area contributed by atoms with E-state index < -0.39 is 0 Å². The highest BCUT2D eigenvalue weighted by molar-refractivity contribution is 7.15. The van der Waals surface area contributed by atoms with Gasteiger partial charge in [-0.15, -0.1) is 11.3 Å². The lowest BCUT2D eigenvalue weighted by Crippen LogP contribution is -2.14. The minimum atomic E-state index is -0.0856. The predicted molar refractivity (Wildman–Crippen MR) is 92.1 cm³/mol. The Morgan fingerprint density at radius 1 is 1.41 bits per heavy atom. The molecule has 1 N–H and O–H groups in total. The van der Waals surface area contributed by atoms with Crippen molar-refractivity contribution in [1.82, 2.24) is 4.98 Å². The van der Waals surface area contributed by atoms with Crippen molar-refractivity contribution in [3.05, 3.63) is 44.4 Å². The first kappa shape index (κ1) is 15.8. The van der Waals surface area contributed by atoms with Gasteiger partial charge in [-0.1, -0.05) is 36.2 Å². The molecular formula is C16H16Cl2N2OS. The van der Waals surface area contributed by atoms with Crippen LogP contribution in [0.2, 0.25) is 10.0 Å². The summed E-state index contributed by atoms with van der Waals surface area (Å²) in [5.74, 6) is 0.616. The van der Waals surface area contributed by atoms with Gasteiger partial charge in [0.2, 0.25) is 5.91 Å². The Balaban J connectivity index is 1.65. The van der Waals surface area contributed by atoms with Crippen LogP contribution in [0.15, 0.2) is 18.2 Å². The molecule has 1 aliphatic rings. The molecule has 0 saturated carbocycles. The maximum atomic E-state index is 12.1. The number of aromatic nitrogens is 1. The zero-order valence-corrected chi connectivity index (χ0v) is 14.5. The number of halogens is 2. The van der Waals surface area contributed by atoms with E-state index >= 15 is 0 Å². The van der Waals surface area contributed by atoms with Gasteiger partial charge in [0.15, 0.2) is 5.13 Å². The van der Waals surface area contributed by atoms with Crippen molar-refractivity contribution in [2.45, 2.75) is 32.6 Å². The lowest BCUT2D eigenvalue weighted by atomic mass is 9.93. The summed E-state index contributed by atoms with van der Waals surface area (Å²) in [5.41, 5.74) is 1.98. The Bertz CT molecular complexity index is 714. The van der Waals surface area contributed by atoms with E-state index in [2.05, 4.69) is 17.2 Å². The molecule has 3 rings (SSSR count). The van der Waals surface area contributed by atoms with Crippen molar-refractivity contribution in [3.63, 3.8) is 0 Å². The van der Waals surface area contributed by atoms with Gasteiger partial charge in [0.1, 0.15) is 0 Å². The van der Waals surface area contributed by atoms with E-state index in [1.807, 2.05) is 6.07 Å². The topological polar surface area (TPSA) is 42.0 Å². The lowest BCUT2D eigenvalue weighted by molar-refractivity contribution is -0.115. The Morgan fingerprint density at radius 2 is 2.23 bits per heavy atom. The molecule has 1 atom stereocenters. The molecule has 0 radical (unpaired) electrons. The van der Waals surface area contributed by atoms with Gasteiger partial charge in [-0.05, 0) is 42.9 Å². The van der Waals surface area contributed by atoms with Crippen LogP contribution in [0.25, 0.3) is 0 Å². The van der Waals surface area contributed by atoms with E-state index in [0.29, 0.717) is 21.1 Å². The van der Waals surface area contributed by atoms with Gasteiger partial charge in [0, 0.05) is 4.88 Å². The molecule has 0 aliphatic heterocycles. The van der Waals surface area contributed by atoms with E-state index in [4.69, 9.17) is 23.2 Å². The van der Waals surface area contributed by atoms with Gasteiger partial charge in [0.05, 0.1) is 22.2 Å². The number of nitrogens with zero attached hydrogens (tertiary/aromatic N) is 1. The summed E-state index contributed by atoms with van der Waals surface area (Å²) in [6, 6.07) is 5.23. The second kappa shape index (κ2) is 6.57. The molecule has 0 saturated heterocycles. The van der Waals surface area contributed by atoms with Crippen LogP contribution in [-0.4, -0.2) is 10.9 Å². The molecule has 6 heteroatoms. The van der Waals surface area contributed by atoms with Crippen LogP contribution in [0.3, 0.4) is 0 Å². The summed E-state index contributed by atoms with van der Waals surface area (Å²) in [6.45, 7) is 2.26. The number of benzene rings is 1. The second-order valence-electron chi connectivity index (χ2n) is 5.71. The lowest BCUT2D eigenvalue weighted by Gasteiger charge is -2.15. The van der Waals surface area contributed by atoms with Gasteiger partial charge in [-0.3, -0.25) is 4.79 Å². The second-order valence-corrected chi connectivity index (χ2v) is 7.61. The molecule has 2 aromatic rings. The molecule has 1 heterocycles. The number of carbonyl (C=O) groups excluding carboxylic acids is 1. The van der Waals surface area contributed by atoms with Gasteiger partial charge in [-0.25, -0.2) is 4.98 Å². The number of rotatable bonds is 3. The first-order chi connectivity index (χ1) is 10.5. The summed E-state index contributed by atoms with van der Waals surface area (Å²) in [6.07, 6.45) is 3.51. The Morgan fingerprint density at radius 3 is 3.00 bits per heavy atom. The largest absolute Gasteiger partial charge is 0.302 e. The van der Waals surface area contributed by atoms with E-state index in [1.54, 1.807) is 23.5 Å². The average Bonchev–Trinajstić information content (AvgIpc) is 2.84. The normalized spacial score (nSPS) is 17.1. The SMILES string of the molecule is CC1CCc2nc(NC(=O)Cc3ccc(Cl)c(Cl)c3)sc2C1. The molecule has 0 bridgehead atoms. The van der Waals surface area contributed by atoms with Crippen LogP contribution >= 0.6 is 34.5 Å². The first-order valence-corrected chi connectivity index (χ1v) is 8.81. The number of fused-ring (bicyclic) bond motifs is 1. The molecule has 1 aromatic carbocycles. The van der Waals surface area contributed by atoms with Gasteiger partial charge in [-0.2, -0.15) is 0 Å². The van der Waals surface area contributed by atoms with Crippen LogP contribution in [0.1, 0.15) is 29.5 Å². The minimum Gasteiger partial charge on any atom is -0.302 e. The zero-order valence-electron chi connectivity index (χ0n) is 12.2. The van der Waals surface area contributed by atoms with E-state index in [0.717, 1.165) is 24.1 Å². The third kappa shape index (κ3) is 3.62. The summed E-state index contributed by atoms with van der Waals surface area (Å²) in [5, 5.41) is 4.54. The predicted octanol–water partition coefficient (Wildman–Crippen LogP) is 4.76. The van der Waals surface area contributed by atoms with Crippen molar-refractivity contribution in [3.8, 4) is 0 Å². The van der Waals surface area contributed by atoms with Crippen LogP contribution < -0.4 is 5.32 Å². The average molecular weight is 355 g/mol. The highest BCUT2D eigenvalue weighted by Crippen LogP contribution is 2.32. The number of anilines is 1. The standard InChI is InChI=1S/C16H16Cl2N2OS/c1-9-2-5-13-14(6-9)22-16(19-13)20-15(21)8-10-3-4-11(17)12(18)7-10/h3-4,7,9H,2,5-6,8H2,1H3,(H,19,20,21). The van der Waals surface area contributed by atoms with Crippen LogP contribution in [0.4, 0.5) is 5.13 Å². The maximum absolute atomic E-state index is 12.1. The molecule has 116 valence electrons. The fourth-order valence-corrected chi connectivity index (χ4v) is 4.10. The van der Waals surface area contributed by atoms with Crippen molar-refractivity contribution >= 4 is 45.6 Å². The molecular weight excluding hydrogens is 339 g/mol. The monoisotopic (exact) mass is 354 g/mol. The third-order valence-electron chi connectivity index (χ3n) is 3.78. The van der Waals surface area contributed by atoms with E-state index in [1.165, 1.54) is 11.3 Å². The summed E-state index contributed by atoms with van der Waals surface area (Å²) in [7, 11) is 0. The quantitative estimate of drug-likeness (QED) is 0.863. The van der Waals surface area contributed by atoms with E-state index in [-0.39, 0.29) is 12.3 Å². The van der Waals surface area contributed by atoms with Crippen molar-refractivity contribution < 1.29 is 4.79 Å². The summed E-state index contributed by atoms with van der Waals surface area (Å²) in [4.78, 5) is 18.0. The van der Waals surface area contributed by atoms with Crippen molar-refractivity contribution in [2.24, 2.45) is 5.92 Å². The van der Waals surface area contributed by atoms with Crippen LogP contribution in [-0.2, 0) is 24.1 Å². The van der Waals surface area contributed by atoms with Gasteiger partial charge in [0.25, 0.3) is 0 Å². The summed E-state index contributed by atoms with van der Waals surface area (Å²) < 4.78 is 0. The number of thiazole rings is 1. The van der Waals surface area contributed by atoms with Crippen LogP contribution in [0.5, 0.6) is 0 Å². The van der Waals surface area contributed by atoms with Crippen molar-refractivity contribution in [2.75, 3.05) is 5.32 Å². The number of aryl methyl sites for hydroxylation is 1.